The predicted molar refractivity (Wildman–Crippen MR) is 118 cm³/mol. The van der Waals surface area contributed by atoms with E-state index in [1.165, 1.54) is 51.7 Å². The van der Waals surface area contributed by atoms with Crippen LogP contribution >= 0.6 is 0 Å². The second kappa shape index (κ2) is 10.3. The molecule has 0 aromatic heterocycles. The average Bonchev–Trinajstić information content (AvgIpc) is 2.83. The van der Waals surface area contributed by atoms with Crippen molar-refractivity contribution in [3.8, 4) is 28.7 Å². The number of carbonyl (C=O) groups excluding carboxylic acids is 2. The van der Waals surface area contributed by atoms with Crippen molar-refractivity contribution in [3.05, 3.63) is 77.4 Å². The number of hydrogen-bond donors (Lipinski definition) is 0. The Hall–Kier alpha value is -4.00. The van der Waals surface area contributed by atoms with Gasteiger partial charge < -0.3 is 23.7 Å². The third-order valence-electron chi connectivity index (χ3n) is 4.77. The van der Waals surface area contributed by atoms with Crippen molar-refractivity contribution in [2.75, 3.05) is 21.3 Å². The van der Waals surface area contributed by atoms with E-state index in [0.29, 0.717) is 22.8 Å². The van der Waals surface area contributed by atoms with E-state index in [1.807, 2.05) is 12.1 Å². The van der Waals surface area contributed by atoms with Gasteiger partial charge in [0.1, 0.15) is 22.8 Å². The number of carbonyl (C=O) groups is 2. The minimum absolute atomic E-state index is 0.171. The van der Waals surface area contributed by atoms with Crippen molar-refractivity contribution in [2.45, 2.75) is 13.3 Å². The lowest BCUT2D eigenvalue weighted by Gasteiger charge is -2.13. The van der Waals surface area contributed by atoms with Gasteiger partial charge in [-0.1, -0.05) is 19.1 Å². The summed E-state index contributed by atoms with van der Waals surface area (Å²) in [4.78, 5) is 25.0. The van der Waals surface area contributed by atoms with Crippen LogP contribution in [-0.2, 0) is 6.42 Å². The van der Waals surface area contributed by atoms with Gasteiger partial charge in [-0.2, -0.15) is 0 Å². The highest BCUT2D eigenvalue weighted by Crippen LogP contribution is 2.35. The summed E-state index contributed by atoms with van der Waals surface area (Å²) in [6.07, 6.45) is 0.906. The van der Waals surface area contributed by atoms with Crippen LogP contribution in [0.25, 0.3) is 0 Å². The Labute approximate surface area is 186 Å². The van der Waals surface area contributed by atoms with Gasteiger partial charge in [-0.15, -0.1) is 0 Å². The quantitative estimate of drug-likeness (QED) is 0.374. The molecule has 0 aliphatic heterocycles. The van der Waals surface area contributed by atoms with Crippen molar-refractivity contribution in [1.82, 2.24) is 0 Å². The predicted octanol–water partition coefficient (Wildman–Crippen LogP) is 4.71. The number of aryl methyl sites for hydroxylation is 1. The van der Waals surface area contributed by atoms with Gasteiger partial charge in [0.2, 0.25) is 0 Å². The average molecular weight is 436 g/mol. The first-order valence-electron chi connectivity index (χ1n) is 9.92. The number of rotatable bonds is 8. The third-order valence-corrected chi connectivity index (χ3v) is 4.77. The molecule has 7 nitrogen and oxygen atoms in total. The maximum absolute atomic E-state index is 12.7. The molecule has 0 aliphatic carbocycles. The minimum atomic E-state index is -0.644. The standard InChI is InChI=1S/C25H24O7/c1-5-16-6-10-18(11-7-16)31-24(26)17-8-12-19(13-9-17)32-25(27)20-14-22(29-3)23(30-4)15-21(20)28-2/h6-15H,5H2,1-4H3. The van der Waals surface area contributed by atoms with Gasteiger partial charge in [0, 0.05) is 12.1 Å². The summed E-state index contributed by atoms with van der Waals surface area (Å²) in [6, 6.07) is 16.4. The number of methoxy groups -OCH3 is 3. The van der Waals surface area contributed by atoms with Gasteiger partial charge >= 0.3 is 11.9 Å². The van der Waals surface area contributed by atoms with E-state index < -0.39 is 11.9 Å². The molecule has 0 fully saturated rings. The first kappa shape index (κ1) is 22.7. The van der Waals surface area contributed by atoms with Crippen LogP contribution in [0.1, 0.15) is 33.2 Å². The number of esters is 2. The lowest BCUT2D eigenvalue weighted by atomic mass is 10.1. The largest absolute Gasteiger partial charge is 0.496 e. The van der Waals surface area contributed by atoms with Crippen LogP contribution in [0.2, 0.25) is 0 Å². The van der Waals surface area contributed by atoms with Gasteiger partial charge in [0.15, 0.2) is 11.5 Å². The Morgan fingerprint density at radius 2 is 1.16 bits per heavy atom. The van der Waals surface area contributed by atoms with Crippen LogP contribution in [0.15, 0.2) is 60.7 Å². The van der Waals surface area contributed by atoms with Crippen LogP contribution < -0.4 is 23.7 Å². The number of hydrogen-bond acceptors (Lipinski definition) is 7. The fourth-order valence-electron chi connectivity index (χ4n) is 2.97. The van der Waals surface area contributed by atoms with Gasteiger partial charge in [-0.3, -0.25) is 0 Å². The molecule has 0 N–H and O–H groups in total. The molecule has 3 aromatic carbocycles. The molecule has 0 saturated carbocycles. The maximum atomic E-state index is 12.7. The maximum Gasteiger partial charge on any atom is 0.347 e. The summed E-state index contributed by atoms with van der Waals surface area (Å²) in [5.41, 5.74) is 1.65. The van der Waals surface area contributed by atoms with Crippen LogP contribution in [0, 0.1) is 0 Å². The molecular weight excluding hydrogens is 412 g/mol. The van der Waals surface area contributed by atoms with E-state index in [-0.39, 0.29) is 17.1 Å². The van der Waals surface area contributed by atoms with E-state index in [9.17, 15) is 9.59 Å². The molecule has 0 saturated heterocycles. The lowest BCUT2D eigenvalue weighted by molar-refractivity contribution is 0.0727. The molecule has 0 atom stereocenters. The van der Waals surface area contributed by atoms with Crippen LogP contribution in [0.3, 0.4) is 0 Å². The van der Waals surface area contributed by atoms with Gasteiger partial charge in [0.05, 0.1) is 26.9 Å². The van der Waals surface area contributed by atoms with Crippen molar-refractivity contribution in [1.29, 1.82) is 0 Å². The molecule has 7 heteroatoms. The molecule has 0 aliphatic rings. The van der Waals surface area contributed by atoms with E-state index in [4.69, 9.17) is 23.7 Å². The second-order valence-electron chi connectivity index (χ2n) is 6.71. The summed E-state index contributed by atoms with van der Waals surface area (Å²) in [6.45, 7) is 2.05. The second-order valence-corrected chi connectivity index (χ2v) is 6.71. The Balaban J connectivity index is 1.71. The SMILES string of the molecule is CCc1ccc(OC(=O)c2ccc(OC(=O)c3cc(OC)c(OC)cc3OC)cc2)cc1. The molecule has 0 bridgehead atoms. The number of ether oxygens (including phenoxy) is 5. The zero-order chi connectivity index (χ0) is 23.1. The number of benzene rings is 3. The fraction of sp³-hybridized carbons (Fsp3) is 0.200. The van der Waals surface area contributed by atoms with Gasteiger partial charge in [-0.25, -0.2) is 9.59 Å². The van der Waals surface area contributed by atoms with Gasteiger partial charge in [0.25, 0.3) is 0 Å². The molecule has 3 rings (SSSR count). The highest BCUT2D eigenvalue weighted by molar-refractivity contribution is 5.95. The van der Waals surface area contributed by atoms with Crippen LogP contribution in [-0.4, -0.2) is 33.3 Å². The van der Waals surface area contributed by atoms with Crippen molar-refractivity contribution in [3.63, 3.8) is 0 Å². The Kier molecular flexibility index (Phi) is 7.33. The minimum Gasteiger partial charge on any atom is -0.496 e. The lowest BCUT2D eigenvalue weighted by Crippen LogP contribution is -2.12. The molecule has 0 radical (unpaired) electrons. The normalized spacial score (nSPS) is 10.2. The van der Waals surface area contributed by atoms with Gasteiger partial charge in [-0.05, 0) is 48.4 Å². The summed E-state index contributed by atoms with van der Waals surface area (Å²) in [5, 5.41) is 0. The molecular formula is C25H24O7. The molecule has 3 aromatic rings. The van der Waals surface area contributed by atoms with Crippen LogP contribution in [0.4, 0.5) is 0 Å². The first-order chi connectivity index (χ1) is 15.5. The highest BCUT2D eigenvalue weighted by Gasteiger charge is 2.20. The zero-order valence-corrected chi connectivity index (χ0v) is 18.3. The molecule has 0 amide bonds. The summed E-state index contributed by atoms with van der Waals surface area (Å²) < 4.78 is 26.5. The smallest absolute Gasteiger partial charge is 0.347 e. The van der Waals surface area contributed by atoms with E-state index in [2.05, 4.69) is 6.92 Å². The fourth-order valence-corrected chi connectivity index (χ4v) is 2.97. The van der Waals surface area contributed by atoms with Crippen molar-refractivity contribution < 1.29 is 33.3 Å². The van der Waals surface area contributed by atoms with E-state index in [1.54, 1.807) is 18.2 Å². The zero-order valence-electron chi connectivity index (χ0n) is 18.3. The third kappa shape index (κ3) is 5.18. The molecule has 0 heterocycles. The summed E-state index contributed by atoms with van der Waals surface area (Å²) in [5.74, 6) is 0.641. The Bertz CT molecular complexity index is 1090. The first-order valence-corrected chi connectivity index (χ1v) is 9.92. The van der Waals surface area contributed by atoms with Crippen LogP contribution in [0.5, 0.6) is 28.7 Å². The molecule has 0 spiro atoms. The molecule has 166 valence electrons. The Morgan fingerprint density at radius 3 is 1.69 bits per heavy atom. The van der Waals surface area contributed by atoms with Crippen molar-refractivity contribution in [2.24, 2.45) is 0 Å². The monoisotopic (exact) mass is 436 g/mol. The summed E-state index contributed by atoms with van der Waals surface area (Å²) in [7, 11) is 4.39. The summed E-state index contributed by atoms with van der Waals surface area (Å²) >= 11 is 0. The van der Waals surface area contributed by atoms with E-state index >= 15 is 0 Å². The Morgan fingerprint density at radius 1 is 0.656 bits per heavy atom. The highest BCUT2D eigenvalue weighted by atomic mass is 16.5. The molecule has 0 unspecified atom stereocenters. The molecule has 32 heavy (non-hydrogen) atoms. The van der Waals surface area contributed by atoms with E-state index in [0.717, 1.165) is 12.0 Å². The van der Waals surface area contributed by atoms with Crippen molar-refractivity contribution >= 4 is 11.9 Å². The topological polar surface area (TPSA) is 80.3 Å².